The van der Waals surface area contributed by atoms with Gasteiger partial charge in [0, 0.05) is 11.1 Å². The summed E-state index contributed by atoms with van der Waals surface area (Å²) in [6.45, 7) is 3.63. The summed E-state index contributed by atoms with van der Waals surface area (Å²) in [5.74, 6) is -2.34. The third-order valence-electron chi connectivity index (χ3n) is 6.54. The Bertz CT molecular complexity index is 1170. The number of hydrogen-bond donors (Lipinski definition) is 1. The lowest BCUT2D eigenvalue weighted by atomic mass is 9.53. The molecule has 0 spiro atoms. The molecule has 2 bridgehead atoms. The highest BCUT2D eigenvalue weighted by atomic mass is 16.7. The zero-order chi connectivity index (χ0) is 22.4. The molecule has 31 heavy (non-hydrogen) atoms. The second kappa shape index (κ2) is 6.84. The molecule has 2 aliphatic heterocycles. The second-order valence-corrected chi connectivity index (χ2v) is 7.88. The molecule has 0 radical (unpaired) electrons. The fourth-order valence-electron chi connectivity index (χ4n) is 4.82. The van der Waals surface area contributed by atoms with E-state index in [1.54, 1.807) is 31.2 Å². The first kappa shape index (κ1) is 20.4. The lowest BCUT2D eigenvalue weighted by Crippen LogP contribution is -2.57. The van der Waals surface area contributed by atoms with Crippen LogP contribution in [0.3, 0.4) is 0 Å². The van der Waals surface area contributed by atoms with Gasteiger partial charge < -0.3 is 14.2 Å². The molecule has 7 heteroatoms. The molecule has 4 atom stereocenters. The van der Waals surface area contributed by atoms with Crippen molar-refractivity contribution in [2.24, 2.45) is 16.7 Å². The zero-order valence-electron chi connectivity index (χ0n) is 17.3. The number of nitrogens with zero attached hydrogens (tertiary/aromatic N) is 3. The summed E-state index contributed by atoms with van der Waals surface area (Å²) in [5, 5.41) is 39.5. The summed E-state index contributed by atoms with van der Waals surface area (Å²) in [4.78, 5) is 0. The van der Waals surface area contributed by atoms with Crippen molar-refractivity contribution in [3.05, 3.63) is 65.2 Å². The van der Waals surface area contributed by atoms with E-state index in [-0.39, 0.29) is 0 Å². The third kappa shape index (κ3) is 2.31. The predicted molar refractivity (Wildman–Crippen MR) is 109 cm³/mol. The summed E-state index contributed by atoms with van der Waals surface area (Å²) in [6, 6.07) is 20.5. The van der Waals surface area contributed by atoms with E-state index in [2.05, 4.69) is 6.07 Å². The van der Waals surface area contributed by atoms with E-state index < -0.39 is 34.5 Å². The Kier molecular flexibility index (Phi) is 4.51. The lowest BCUT2D eigenvalue weighted by Gasteiger charge is -2.49. The number of benzene rings is 2. The highest BCUT2D eigenvalue weighted by Gasteiger charge is 2.80. The molecule has 2 heterocycles. The van der Waals surface area contributed by atoms with E-state index in [4.69, 9.17) is 19.6 Å². The Labute approximate surface area is 180 Å². The Hall–Kier alpha value is -3.86. The molecule has 2 fully saturated rings. The van der Waals surface area contributed by atoms with Gasteiger partial charge in [0.15, 0.2) is 5.41 Å². The van der Waals surface area contributed by atoms with Crippen LogP contribution < -0.4 is 4.74 Å². The van der Waals surface area contributed by atoms with Crippen LogP contribution in [0.4, 0.5) is 0 Å². The van der Waals surface area contributed by atoms with Crippen molar-refractivity contribution in [2.75, 3.05) is 7.11 Å². The smallest absolute Gasteiger partial charge is 0.244 e. The van der Waals surface area contributed by atoms with Gasteiger partial charge in [-0.1, -0.05) is 55.0 Å². The standard InChI is InChI=1S/C24H20N4O3/c1-15-8-10-17(11-9-15)24-16(2)23(14-27,21(28)31-24)22(12-25,13-26)20(30-24)18-6-4-5-7-19(18)29-3/h4-11,16,20,28H,1-3H3. The normalized spacial score (nSPS) is 30.4. The first-order valence-electron chi connectivity index (χ1n) is 9.76. The van der Waals surface area contributed by atoms with E-state index in [1.165, 1.54) is 7.11 Å². The van der Waals surface area contributed by atoms with Crippen LogP contribution in [0.15, 0.2) is 48.5 Å². The van der Waals surface area contributed by atoms with Crippen LogP contribution in [0, 0.1) is 63.1 Å². The summed E-state index contributed by atoms with van der Waals surface area (Å²) >= 11 is 0. The van der Waals surface area contributed by atoms with E-state index in [1.807, 2.05) is 43.3 Å². The number of aryl methyl sites for hydroxylation is 1. The SMILES string of the molecule is COc1ccccc1C1OC2(c3ccc(C)cc3)OC(=N)C(C#N)(C2C)C1(C#N)C#N. The molecule has 0 amide bonds. The van der Waals surface area contributed by atoms with Gasteiger partial charge in [-0.3, -0.25) is 5.41 Å². The van der Waals surface area contributed by atoms with Crippen molar-refractivity contribution in [2.45, 2.75) is 25.7 Å². The third-order valence-corrected chi connectivity index (χ3v) is 6.54. The number of ether oxygens (including phenoxy) is 3. The topological polar surface area (TPSA) is 123 Å². The first-order valence-corrected chi connectivity index (χ1v) is 9.76. The molecule has 7 nitrogen and oxygen atoms in total. The van der Waals surface area contributed by atoms with E-state index >= 15 is 0 Å². The molecule has 4 rings (SSSR count). The van der Waals surface area contributed by atoms with Crippen molar-refractivity contribution in [1.29, 1.82) is 21.2 Å². The monoisotopic (exact) mass is 412 g/mol. The molecule has 2 aromatic rings. The average molecular weight is 412 g/mol. The van der Waals surface area contributed by atoms with Crippen molar-refractivity contribution in [3.63, 3.8) is 0 Å². The number of rotatable bonds is 3. The van der Waals surface area contributed by atoms with Gasteiger partial charge in [-0.05, 0) is 13.0 Å². The largest absolute Gasteiger partial charge is 0.496 e. The van der Waals surface area contributed by atoms with E-state index in [0.717, 1.165) is 5.56 Å². The van der Waals surface area contributed by atoms with Gasteiger partial charge in [0.1, 0.15) is 11.9 Å². The number of hydrogen-bond acceptors (Lipinski definition) is 7. The van der Waals surface area contributed by atoms with Crippen molar-refractivity contribution in [1.82, 2.24) is 0 Å². The van der Waals surface area contributed by atoms with Gasteiger partial charge in [0.2, 0.25) is 17.1 Å². The number of methoxy groups -OCH3 is 1. The maximum Gasteiger partial charge on any atom is 0.244 e. The molecule has 2 saturated heterocycles. The van der Waals surface area contributed by atoms with Gasteiger partial charge in [-0.2, -0.15) is 15.8 Å². The van der Waals surface area contributed by atoms with Crippen molar-refractivity contribution >= 4 is 5.90 Å². The fourth-order valence-corrected chi connectivity index (χ4v) is 4.82. The molecule has 2 aromatic carbocycles. The van der Waals surface area contributed by atoms with Crippen LogP contribution in [0.2, 0.25) is 0 Å². The fraction of sp³-hybridized carbons (Fsp3) is 0.333. The quantitative estimate of drug-likeness (QED) is 0.809. The highest BCUT2D eigenvalue weighted by Crippen LogP contribution is 2.69. The first-order chi connectivity index (χ1) is 14.9. The molecule has 0 aliphatic carbocycles. The second-order valence-electron chi connectivity index (χ2n) is 7.88. The predicted octanol–water partition coefficient (Wildman–Crippen LogP) is 4.12. The Morgan fingerprint density at radius 3 is 2.23 bits per heavy atom. The van der Waals surface area contributed by atoms with E-state index in [0.29, 0.717) is 16.9 Å². The number of nitriles is 3. The summed E-state index contributed by atoms with van der Waals surface area (Å²) in [7, 11) is 1.48. The molecular formula is C24H20N4O3. The minimum atomic E-state index is -2.03. The highest BCUT2D eigenvalue weighted by molar-refractivity contribution is 5.89. The molecule has 1 N–H and O–H groups in total. The summed E-state index contributed by atoms with van der Waals surface area (Å²) < 4.78 is 17.9. The molecule has 4 unspecified atom stereocenters. The van der Waals surface area contributed by atoms with Crippen LogP contribution in [-0.4, -0.2) is 13.0 Å². The number of para-hydroxylation sites is 1. The van der Waals surface area contributed by atoms with Gasteiger partial charge in [0.05, 0.1) is 31.2 Å². The number of fused-ring (bicyclic) bond motifs is 2. The molecule has 0 saturated carbocycles. The van der Waals surface area contributed by atoms with Crippen LogP contribution in [0.25, 0.3) is 0 Å². The maximum absolute atomic E-state index is 10.3. The Balaban J connectivity index is 2.06. The Morgan fingerprint density at radius 2 is 1.65 bits per heavy atom. The van der Waals surface area contributed by atoms with Crippen LogP contribution in [-0.2, 0) is 15.3 Å². The summed E-state index contributed by atoms with van der Waals surface area (Å²) in [6.07, 6.45) is -1.20. The van der Waals surface area contributed by atoms with Crippen molar-refractivity contribution < 1.29 is 14.2 Å². The van der Waals surface area contributed by atoms with Crippen molar-refractivity contribution in [3.8, 4) is 24.0 Å². The van der Waals surface area contributed by atoms with Gasteiger partial charge in [-0.15, -0.1) is 0 Å². The van der Waals surface area contributed by atoms with Crippen LogP contribution >= 0.6 is 0 Å². The van der Waals surface area contributed by atoms with Crippen LogP contribution in [0.1, 0.15) is 29.7 Å². The number of nitrogens with one attached hydrogen (secondary N) is 1. The summed E-state index contributed by atoms with van der Waals surface area (Å²) in [5.41, 5.74) is -1.80. The molecule has 0 aromatic heterocycles. The van der Waals surface area contributed by atoms with Crippen LogP contribution in [0.5, 0.6) is 5.75 Å². The van der Waals surface area contributed by atoms with Gasteiger partial charge in [0.25, 0.3) is 0 Å². The molecule has 2 aliphatic rings. The zero-order valence-corrected chi connectivity index (χ0v) is 17.3. The molecule has 154 valence electrons. The van der Waals surface area contributed by atoms with Gasteiger partial charge in [-0.25, -0.2) is 0 Å². The Morgan fingerprint density at radius 1 is 1.00 bits per heavy atom. The minimum absolute atomic E-state index is 0.412. The minimum Gasteiger partial charge on any atom is -0.496 e. The maximum atomic E-state index is 10.3. The van der Waals surface area contributed by atoms with E-state index in [9.17, 15) is 15.8 Å². The lowest BCUT2D eigenvalue weighted by molar-refractivity contribution is -0.288. The molecular weight excluding hydrogens is 392 g/mol. The average Bonchev–Trinajstić information content (AvgIpc) is 2.96. The van der Waals surface area contributed by atoms with Gasteiger partial charge >= 0.3 is 0 Å².